The second-order valence-electron chi connectivity index (χ2n) is 4.86. The van der Waals surface area contributed by atoms with Crippen LogP contribution in [0.4, 0.5) is 10.9 Å². The largest absolute Gasteiger partial charge is 0.465 e. The summed E-state index contributed by atoms with van der Waals surface area (Å²) in [5.41, 5.74) is 0.878. The van der Waals surface area contributed by atoms with Gasteiger partial charge in [0.1, 0.15) is 11.7 Å². The Balaban J connectivity index is 1.82. The van der Waals surface area contributed by atoms with Crippen molar-refractivity contribution in [1.82, 2.24) is 9.97 Å². The average molecular weight is 303 g/mol. The normalized spacial score (nSPS) is 17.1. The summed E-state index contributed by atoms with van der Waals surface area (Å²) in [5.74, 6) is 0.383. The number of pyridine rings is 1. The molecule has 0 saturated carbocycles. The Morgan fingerprint density at radius 3 is 3.19 bits per heavy atom. The minimum atomic E-state index is -0.218. The number of anilines is 2. The van der Waals surface area contributed by atoms with Crippen molar-refractivity contribution in [1.29, 1.82) is 0 Å². The van der Waals surface area contributed by atoms with Crippen LogP contribution >= 0.6 is 11.3 Å². The molecule has 0 unspecified atom stereocenters. The first kappa shape index (κ1) is 14.0. The second kappa shape index (κ2) is 6.22. The molecule has 0 spiro atoms. The van der Waals surface area contributed by atoms with Gasteiger partial charge in [0, 0.05) is 11.1 Å². The highest BCUT2D eigenvalue weighted by Crippen LogP contribution is 2.37. The first-order valence-corrected chi connectivity index (χ1v) is 7.94. The molecule has 1 atom stereocenters. The summed E-state index contributed by atoms with van der Waals surface area (Å²) >= 11 is 1.60. The molecule has 0 amide bonds. The van der Waals surface area contributed by atoms with Gasteiger partial charge in [-0.05, 0) is 38.3 Å². The van der Waals surface area contributed by atoms with Crippen LogP contribution in [0.3, 0.4) is 0 Å². The molecular formula is C15H17N3O2S. The van der Waals surface area contributed by atoms with Crippen LogP contribution in [0.1, 0.15) is 36.3 Å². The third-order valence-electron chi connectivity index (χ3n) is 3.43. The second-order valence-corrected chi connectivity index (χ2v) is 5.95. The lowest BCUT2D eigenvalue weighted by Crippen LogP contribution is -2.20. The lowest BCUT2D eigenvalue weighted by atomic mass is 9.91. The van der Waals surface area contributed by atoms with Gasteiger partial charge in [-0.15, -0.1) is 11.3 Å². The molecule has 1 N–H and O–H groups in total. The SMILES string of the molecule is CCOC(=O)[C@@H]1CCCc2sc(Nc3ccccn3)nc21. The quantitative estimate of drug-likeness (QED) is 0.878. The number of aryl methyl sites for hydroxylation is 1. The maximum atomic E-state index is 12.0. The molecule has 110 valence electrons. The number of hydrogen-bond acceptors (Lipinski definition) is 6. The molecule has 3 rings (SSSR count). The molecular weight excluding hydrogens is 286 g/mol. The monoisotopic (exact) mass is 303 g/mol. The lowest BCUT2D eigenvalue weighted by Gasteiger charge is -2.19. The van der Waals surface area contributed by atoms with E-state index in [4.69, 9.17) is 4.74 Å². The van der Waals surface area contributed by atoms with Crippen LogP contribution in [0.5, 0.6) is 0 Å². The molecule has 0 aliphatic heterocycles. The van der Waals surface area contributed by atoms with E-state index in [9.17, 15) is 4.79 Å². The molecule has 1 aliphatic rings. The number of ether oxygens (including phenoxy) is 1. The summed E-state index contributed by atoms with van der Waals surface area (Å²) in [6, 6.07) is 5.68. The highest BCUT2D eigenvalue weighted by molar-refractivity contribution is 7.15. The third kappa shape index (κ3) is 3.05. The van der Waals surface area contributed by atoms with Crippen molar-refractivity contribution in [2.75, 3.05) is 11.9 Å². The van der Waals surface area contributed by atoms with Crippen LogP contribution in [0.25, 0.3) is 0 Å². The van der Waals surface area contributed by atoms with E-state index >= 15 is 0 Å². The maximum absolute atomic E-state index is 12.0. The molecule has 2 heterocycles. The Hall–Kier alpha value is -1.95. The summed E-state index contributed by atoms with van der Waals surface area (Å²) in [5, 5.41) is 3.98. The van der Waals surface area contributed by atoms with Gasteiger partial charge in [-0.25, -0.2) is 9.97 Å². The molecule has 6 heteroatoms. The van der Waals surface area contributed by atoms with Crippen molar-refractivity contribution < 1.29 is 9.53 Å². The van der Waals surface area contributed by atoms with Crippen molar-refractivity contribution in [2.45, 2.75) is 32.1 Å². The van der Waals surface area contributed by atoms with E-state index in [2.05, 4.69) is 15.3 Å². The van der Waals surface area contributed by atoms with Crippen molar-refractivity contribution in [3.63, 3.8) is 0 Å². The first-order chi connectivity index (χ1) is 10.3. The van der Waals surface area contributed by atoms with Crippen molar-refractivity contribution in [3.8, 4) is 0 Å². The number of carbonyl (C=O) groups excluding carboxylic acids is 1. The highest BCUT2D eigenvalue weighted by atomic mass is 32.1. The van der Waals surface area contributed by atoms with Crippen molar-refractivity contribution in [3.05, 3.63) is 35.0 Å². The van der Waals surface area contributed by atoms with Crippen LogP contribution in [-0.4, -0.2) is 22.5 Å². The highest BCUT2D eigenvalue weighted by Gasteiger charge is 2.31. The van der Waals surface area contributed by atoms with E-state index in [1.54, 1.807) is 17.5 Å². The number of thiazole rings is 1. The summed E-state index contributed by atoms with van der Waals surface area (Å²) in [6.07, 6.45) is 4.53. The third-order valence-corrected chi connectivity index (χ3v) is 4.47. The van der Waals surface area contributed by atoms with Gasteiger partial charge in [-0.1, -0.05) is 6.07 Å². The fourth-order valence-corrected chi connectivity index (χ4v) is 3.56. The van der Waals surface area contributed by atoms with Gasteiger partial charge in [0.2, 0.25) is 0 Å². The van der Waals surface area contributed by atoms with Crippen LogP contribution in [0, 0.1) is 0 Å². The fourth-order valence-electron chi connectivity index (χ4n) is 2.49. The Bertz CT molecular complexity index is 627. The number of esters is 1. The van der Waals surface area contributed by atoms with Gasteiger partial charge in [0.05, 0.1) is 12.3 Å². The van der Waals surface area contributed by atoms with Gasteiger partial charge >= 0.3 is 5.97 Å². The van der Waals surface area contributed by atoms with Gasteiger partial charge in [-0.2, -0.15) is 0 Å². The molecule has 0 saturated heterocycles. The number of nitrogens with zero attached hydrogens (tertiary/aromatic N) is 2. The smallest absolute Gasteiger partial charge is 0.315 e. The van der Waals surface area contributed by atoms with Crippen LogP contribution in [-0.2, 0) is 16.0 Å². The molecule has 0 aromatic carbocycles. The van der Waals surface area contributed by atoms with Crippen LogP contribution in [0.2, 0.25) is 0 Å². The number of nitrogens with one attached hydrogen (secondary N) is 1. The number of fused-ring (bicyclic) bond motifs is 1. The van der Waals surface area contributed by atoms with Crippen molar-refractivity contribution >= 4 is 28.3 Å². The molecule has 1 aliphatic carbocycles. The number of hydrogen-bond donors (Lipinski definition) is 1. The van der Waals surface area contributed by atoms with E-state index in [0.29, 0.717) is 6.61 Å². The molecule has 5 nitrogen and oxygen atoms in total. The standard InChI is InChI=1S/C15H17N3O2S/c1-2-20-14(19)10-6-5-7-11-13(10)18-15(21-11)17-12-8-3-4-9-16-12/h3-4,8-10H,2,5-7H2,1H3,(H,16,17,18)/t10-/m1/s1. The molecule has 0 bridgehead atoms. The average Bonchev–Trinajstić information content (AvgIpc) is 2.90. The zero-order chi connectivity index (χ0) is 14.7. The van der Waals surface area contributed by atoms with E-state index in [0.717, 1.165) is 35.9 Å². The van der Waals surface area contributed by atoms with E-state index < -0.39 is 0 Å². The molecule has 2 aromatic rings. The molecule has 21 heavy (non-hydrogen) atoms. The Morgan fingerprint density at radius 2 is 2.43 bits per heavy atom. The predicted molar refractivity (Wildman–Crippen MR) is 81.9 cm³/mol. The van der Waals surface area contributed by atoms with Gasteiger partial charge < -0.3 is 10.1 Å². The minimum Gasteiger partial charge on any atom is -0.465 e. The Kier molecular flexibility index (Phi) is 4.15. The van der Waals surface area contributed by atoms with Gasteiger partial charge in [0.25, 0.3) is 0 Å². The summed E-state index contributed by atoms with van der Waals surface area (Å²) in [6.45, 7) is 2.24. The summed E-state index contributed by atoms with van der Waals surface area (Å²) < 4.78 is 5.16. The predicted octanol–water partition coefficient (Wildman–Crippen LogP) is 3.26. The maximum Gasteiger partial charge on any atom is 0.315 e. The van der Waals surface area contributed by atoms with Gasteiger partial charge in [-0.3, -0.25) is 4.79 Å². The zero-order valence-electron chi connectivity index (χ0n) is 11.8. The van der Waals surface area contributed by atoms with Crippen LogP contribution in [0.15, 0.2) is 24.4 Å². The topological polar surface area (TPSA) is 64.1 Å². The fraction of sp³-hybridized carbons (Fsp3) is 0.400. The summed E-state index contributed by atoms with van der Waals surface area (Å²) in [4.78, 5) is 22.0. The molecule has 0 fully saturated rings. The molecule has 2 aromatic heterocycles. The van der Waals surface area contributed by atoms with E-state index in [1.807, 2.05) is 25.1 Å². The number of rotatable bonds is 4. The van der Waals surface area contributed by atoms with Crippen LogP contribution < -0.4 is 5.32 Å². The number of aromatic nitrogens is 2. The lowest BCUT2D eigenvalue weighted by molar-refractivity contribution is -0.145. The molecule has 0 radical (unpaired) electrons. The van der Waals surface area contributed by atoms with Gasteiger partial charge in [0.15, 0.2) is 5.13 Å². The Morgan fingerprint density at radius 1 is 1.52 bits per heavy atom. The summed E-state index contributed by atoms with van der Waals surface area (Å²) in [7, 11) is 0. The minimum absolute atomic E-state index is 0.159. The Labute approximate surface area is 127 Å². The van der Waals surface area contributed by atoms with E-state index in [1.165, 1.54) is 4.88 Å². The number of carbonyl (C=O) groups is 1. The first-order valence-electron chi connectivity index (χ1n) is 7.12. The van der Waals surface area contributed by atoms with E-state index in [-0.39, 0.29) is 11.9 Å². The van der Waals surface area contributed by atoms with Crippen molar-refractivity contribution in [2.24, 2.45) is 0 Å². The zero-order valence-corrected chi connectivity index (χ0v) is 12.7.